The van der Waals surface area contributed by atoms with Crippen LogP contribution in [0.4, 0.5) is 5.69 Å². The Bertz CT molecular complexity index is 956. The van der Waals surface area contributed by atoms with E-state index in [1.54, 1.807) is 5.41 Å². The minimum absolute atomic E-state index is 0.345. The Morgan fingerprint density at radius 2 is 1.50 bits per heavy atom. The lowest BCUT2D eigenvalue weighted by Gasteiger charge is -2.11. The second-order valence-electron chi connectivity index (χ2n) is 5.80. The van der Waals surface area contributed by atoms with Gasteiger partial charge < -0.3 is 10.1 Å². The van der Waals surface area contributed by atoms with Crippen molar-refractivity contribution >= 4 is 29.3 Å². The van der Waals surface area contributed by atoms with Gasteiger partial charge in [0.2, 0.25) is 0 Å². The zero-order valence-corrected chi connectivity index (χ0v) is 15.9. The zero-order chi connectivity index (χ0) is 19.6. The van der Waals surface area contributed by atoms with Crippen LogP contribution in [0.3, 0.4) is 0 Å². The molecule has 0 spiro atoms. The maximum atomic E-state index is 12.2. The van der Waals surface area contributed by atoms with E-state index >= 15 is 0 Å². The van der Waals surface area contributed by atoms with E-state index in [9.17, 15) is 9.59 Å². The molecule has 0 unspecified atom stereocenters. The third-order valence-corrected chi connectivity index (χ3v) is 4.60. The molecule has 0 radical (unpaired) electrons. The van der Waals surface area contributed by atoms with Gasteiger partial charge in [0.15, 0.2) is 6.61 Å². The summed E-state index contributed by atoms with van der Waals surface area (Å²) in [4.78, 5) is 25.0. The number of para-hydroxylation sites is 1. The monoisotopic (exact) mass is 389 g/mol. The summed E-state index contributed by atoms with van der Waals surface area (Å²) >= 11 is 1.40. The molecule has 1 amide bonds. The lowest BCUT2D eigenvalue weighted by Crippen LogP contribution is -2.20. The normalized spacial score (nSPS) is 10.6. The molecular weight excluding hydrogens is 370 g/mol. The zero-order valence-electron chi connectivity index (χ0n) is 15.1. The number of ether oxygens (including phenoxy) is 1. The van der Waals surface area contributed by atoms with E-state index in [1.165, 1.54) is 17.8 Å². The summed E-state index contributed by atoms with van der Waals surface area (Å²) in [7, 11) is 0. The van der Waals surface area contributed by atoms with Crippen LogP contribution in [-0.2, 0) is 14.3 Å². The molecule has 3 aromatic rings. The van der Waals surface area contributed by atoms with Gasteiger partial charge in [-0.25, -0.2) is 4.79 Å². The Hall–Kier alpha value is -3.31. The SMILES string of the molecule is O=C(COC(=O)/C=C/Sc1ccccc1)Nc1ccccc1-c1ccccc1. The Kier molecular flexibility index (Phi) is 7.04. The fraction of sp³-hybridized carbons (Fsp3) is 0.0435. The molecular formula is C23H19NO3S. The number of carbonyl (C=O) groups excluding carboxylic acids is 2. The van der Waals surface area contributed by atoms with Crippen molar-refractivity contribution < 1.29 is 14.3 Å². The molecule has 28 heavy (non-hydrogen) atoms. The highest BCUT2D eigenvalue weighted by Crippen LogP contribution is 2.27. The number of carbonyl (C=O) groups is 2. The molecule has 0 saturated carbocycles. The number of hydrogen-bond acceptors (Lipinski definition) is 4. The smallest absolute Gasteiger partial charge is 0.331 e. The Labute approximate surface area is 168 Å². The quantitative estimate of drug-likeness (QED) is 0.345. The molecule has 0 fully saturated rings. The molecule has 3 aromatic carbocycles. The van der Waals surface area contributed by atoms with Crippen LogP contribution in [0.2, 0.25) is 0 Å². The van der Waals surface area contributed by atoms with Crippen molar-refractivity contribution in [2.24, 2.45) is 0 Å². The number of thioether (sulfide) groups is 1. The predicted molar refractivity (Wildman–Crippen MR) is 113 cm³/mol. The molecule has 0 aromatic heterocycles. The summed E-state index contributed by atoms with van der Waals surface area (Å²) in [6.07, 6.45) is 1.31. The predicted octanol–water partition coefficient (Wildman–Crippen LogP) is 5.14. The topological polar surface area (TPSA) is 55.4 Å². The molecule has 3 rings (SSSR count). The summed E-state index contributed by atoms with van der Waals surface area (Å²) in [5.41, 5.74) is 2.57. The van der Waals surface area contributed by atoms with E-state index in [2.05, 4.69) is 5.32 Å². The molecule has 0 aliphatic carbocycles. The second kappa shape index (κ2) is 10.1. The van der Waals surface area contributed by atoms with E-state index in [1.807, 2.05) is 84.9 Å². The standard InChI is InChI=1S/C23H19NO3S/c25-22(17-27-23(26)15-16-28-19-11-5-2-6-12-19)24-21-14-8-7-13-20(21)18-9-3-1-4-10-18/h1-16H,17H2,(H,24,25)/b16-15+. The minimum atomic E-state index is -0.560. The van der Waals surface area contributed by atoms with Gasteiger partial charge in [0.25, 0.3) is 5.91 Å². The van der Waals surface area contributed by atoms with Crippen LogP contribution in [0.1, 0.15) is 0 Å². The lowest BCUT2D eigenvalue weighted by molar-refractivity contribution is -0.142. The first-order valence-corrected chi connectivity index (χ1v) is 9.59. The van der Waals surface area contributed by atoms with Gasteiger partial charge in [0.05, 0.1) is 0 Å². The Morgan fingerprint density at radius 1 is 0.857 bits per heavy atom. The van der Waals surface area contributed by atoms with Crippen molar-refractivity contribution in [1.29, 1.82) is 0 Å². The summed E-state index contributed by atoms with van der Waals surface area (Å²) in [6, 6.07) is 26.9. The number of hydrogen-bond donors (Lipinski definition) is 1. The van der Waals surface area contributed by atoms with Crippen LogP contribution in [0, 0.1) is 0 Å². The summed E-state index contributed by atoms with van der Waals surface area (Å²) in [6.45, 7) is -0.345. The highest BCUT2D eigenvalue weighted by atomic mass is 32.2. The van der Waals surface area contributed by atoms with E-state index in [0.717, 1.165) is 16.0 Å². The third kappa shape index (κ3) is 5.86. The van der Waals surface area contributed by atoms with E-state index in [4.69, 9.17) is 4.74 Å². The largest absolute Gasteiger partial charge is 0.452 e. The molecule has 5 heteroatoms. The van der Waals surface area contributed by atoms with Crippen LogP contribution < -0.4 is 5.32 Å². The van der Waals surface area contributed by atoms with Crippen molar-refractivity contribution in [3.63, 3.8) is 0 Å². The lowest BCUT2D eigenvalue weighted by atomic mass is 10.0. The molecule has 0 saturated heterocycles. The number of anilines is 1. The molecule has 0 heterocycles. The van der Waals surface area contributed by atoms with Crippen molar-refractivity contribution in [2.45, 2.75) is 4.90 Å². The summed E-state index contributed by atoms with van der Waals surface area (Å²) in [5, 5.41) is 4.44. The first kappa shape index (κ1) is 19.5. The van der Waals surface area contributed by atoms with Gasteiger partial charge in [-0.05, 0) is 29.2 Å². The van der Waals surface area contributed by atoms with Gasteiger partial charge in [0.1, 0.15) is 0 Å². The Balaban J connectivity index is 1.52. The van der Waals surface area contributed by atoms with E-state index < -0.39 is 5.97 Å². The van der Waals surface area contributed by atoms with Crippen LogP contribution in [0.25, 0.3) is 11.1 Å². The van der Waals surface area contributed by atoms with Crippen molar-refractivity contribution in [2.75, 3.05) is 11.9 Å². The Morgan fingerprint density at radius 3 is 2.25 bits per heavy atom. The third-order valence-electron chi connectivity index (χ3n) is 3.78. The van der Waals surface area contributed by atoms with Crippen LogP contribution in [0.15, 0.2) is 101 Å². The maximum absolute atomic E-state index is 12.2. The van der Waals surface area contributed by atoms with Crippen LogP contribution in [-0.4, -0.2) is 18.5 Å². The number of esters is 1. The summed E-state index contributed by atoms with van der Waals surface area (Å²) in [5.74, 6) is -0.948. The van der Waals surface area contributed by atoms with E-state index in [0.29, 0.717) is 5.69 Å². The molecule has 0 bridgehead atoms. The van der Waals surface area contributed by atoms with E-state index in [-0.39, 0.29) is 12.5 Å². The molecule has 0 aliphatic heterocycles. The van der Waals surface area contributed by atoms with Crippen LogP contribution in [0.5, 0.6) is 0 Å². The fourth-order valence-electron chi connectivity index (χ4n) is 2.50. The second-order valence-corrected chi connectivity index (χ2v) is 6.78. The molecule has 1 N–H and O–H groups in total. The number of amides is 1. The molecule has 140 valence electrons. The van der Waals surface area contributed by atoms with Gasteiger partial charge >= 0.3 is 5.97 Å². The first-order valence-electron chi connectivity index (χ1n) is 8.72. The minimum Gasteiger partial charge on any atom is -0.452 e. The highest BCUT2D eigenvalue weighted by Gasteiger charge is 2.09. The van der Waals surface area contributed by atoms with Crippen LogP contribution >= 0.6 is 11.8 Å². The molecule has 0 atom stereocenters. The van der Waals surface area contributed by atoms with Crippen molar-refractivity contribution in [1.82, 2.24) is 0 Å². The van der Waals surface area contributed by atoms with Gasteiger partial charge in [-0.1, -0.05) is 78.5 Å². The van der Waals surface area contributed by atoms with Gasteiger partial charge in [0, 0.05) is 22.2 Å². The van der Waals surface area contributed by atoms with Crippen molar-refractivity contribution in [3.05, 3.63) is 96.4 Å². The van der Waals surface area contributed by atoms with Gasteiger partial charge in [-0.3, -0.25) is 4.79 Å². The number of benzene rings is 3. The first-order chi connectivity index (χ1) is 13.7. The molecule has 0 aliphatic rings. The average Bonchev–Trinajstić information content (AvgIpc) is 2.74. The van der Waals surface area contributed by atoms with Gasteiger partial charge in [-0.15, -0.1) is 0 Å². The highest BCUT2D eigenvalue weighted by molar-refractivity contribution is 8.02. The average molecular weight is 389 g/mol. The number of rotatable bonds is 7. The maximum Gasteiger partial charge on any atom is 0.331 e. The fourth-order valence-corrected chi connectivity index (χ4v) is 3.15. The molecule has 4 nitrogen and oxygen atoms in total. The number of nitrogens with one attached hydrogen (secondary N) is 1. The summed E-state index contributed by atoms with van der Waals surface area (Å²) < 4.78 is 5.01. The van der Waals surface area contributed by atoms with Gasteiger partial charge in [-0.2, -0.15) is 0 Å². The van der Waals surface area contributed by atoms with Crippen molar-refractivity contribution in [3.8, 4) is 11.1 Å².